The van der Waals surface area contributed by atoms with E-state index in [2.05, 4.69) is 5.43 Å². The van der Waals surface area contributed by atoms with Gasteiger partial charge in [0.1, 0.15) is 29.5 Å². The van der Waals surface area contributed by atoms with Crippen molar-refractivity contribution in [3.05, 3.63) is 51.6 Å². The van der Waals surface area contributed by atoms with Crippen molar-refractivity contribution >= 4 is 17.3 Å². The Labute approximate surface area is 238 Å². The lowest BCUT2D eigenvalue weighted by Crippen LogP contribution is -2.57. The molecule has 0 radical (unpaired) electrons. The summed E-state index contributed by atoms with van der Waals surface area (Å²) in [5.41, 5.74) is -1.84. The van der Waals surface area contributed by atoms with Crippen LogP contribution in [0.3, 0.4) is 0 Å². The highest BCUT2D eigenvalue weighted by Gasteiger charge is 2.50. The van der Waals surface area contributed by atoms with E-state index in [4.69, 9.17) is 14.2 Å². The minimum absolute atomic E-state index is 0.0623. The summed E-state index contributed by atoms with van der Waals surface area (Å²) in [5.74, 6) is -4.08. The number of aliphatic hydroxyl groups is 3. The molecule has 0 unspecified atom stereocenters. The maximum atomic E-state index is 13.7. The Hall–Kier alpha value is -3.51. The number of carbonyl (C=O) groups is 3. The largest absolute Gasteiger partial charge is 0.507 e. The summed E-state index contributed by atoms with van der Waals surface area (Å²) in [6, 6.07) is 3.28. The molecule has 2 aliphatic carbocycles. The average Bonchev–Trinajstić information content (AvgIpc) is 2.94. The number of rotatable bonds is 7. The Kier molecular flexibility index (Phi) is 7.82. The van der Waals surface area contributed by atoms with Gasteiger partial charge in [-0.05, 0) is 13.0 Å². The average molecular weight is 591 g/mol. The van der Waals surface area contributed by atoms with Crippen LogP contribution >= 0.6 is 0 Å². The van der Waals surface area contributed by atoms with Crippen LogP contribution in [0.4, 0.5) is 0 Å². The van der Waals surface area contributed by atoms with Crippen LogP contribution < -0.4 is 10.2 Å². The minimum atomic E-state index is -2.32. The highest BCUT2D eigenvalue weighted by Crippen LogP contribution is 2.52. The summed E-state index contributed by atoms with van der Waals surface area (Å²) in [5, 5.41) is 72.2. The zero-order chi connectivity index (χ0) is 30.7. The van der Waals surface area contributed by atoms with Gasteiger partial charge in [-0.3, -0.25) is 24.8 Å². The third-order valence-corrected chi connectivity index (χ3v) is 8.04. The topological polar surface area (TPSA) is 236 Å². The van der Waals surface area contributed by atoms with Gasteiger partial charge in [0.2, 0.25) is 5.78 Å². The number of hydrazine groups is 1. The van der Waals surface area contributed by atoms with Gasteiger partial charge in [0, 0.05) is 41.3 Å². The summed E-state index contributed by atoms with van der Waals surface area (Å²) in [6.07, 6.45) is -6.25. The molecule has 3 aliphatic rings. The quantitative estimate of drug-likeness (QED) is 0.129. The molecule has 8 N–H and O–H groups in total. The van der Waals surface area contributed by atoms with Gasteiger partial charge >= 0.3 is 0 Å². The molecule has 1 aliphatic heterocycles. The first-order chi connectivity index (χ1) is 19.8. The number of methoxy groups -OCH3 is 1. The Balaban J connectivity index is 1.65. The lowest BCUT2D eigenvalue weighted by atomic mass is 9.72. The maximum absolute atomic E-state index is 13.7. The van der Waals surface area contributed by atoms with Crippen molar-refractivity contribution < 1.29 is 64.5 Å². The number of aromatic hydroxyl groups is 2. The van der Waals surface area contributed by atoms with Crippen molar-refractivity contribution in [1.82, 2.24) is 10.8 Å². The van der Waals surface area contributed by atoms with E-state index in [0.717, 1.165) is 0 Å². The van der Waals surface area contributed by atoms with E-state index in [1.165, 1.54) is 32.2 Å². The number of Topliss-reactive ketones (excluding diaryl/α,β-unsaturated/α-hetero) is 1. The summed E-state index contributed by atoms with van der Waals surface area (Å²) >= 11 is 0. The van der Waals surface area contributed by atoms with E-state index in [1.807, 2.05) is 0 Å². The third-order valence-electron chi connectivity index (χ3n) is 8.04. The Morgan fingerprint density at radius 1 is 1.14 bits per heavy atom. The number of fused-ring (bicyclic) bond motifs is 3. The number of ether oxygens (including phenoxy) is 3. The highest BCUT2D eigenvalue weighted by molar-refractivity contribution is 6.31. The number of ketones is 3. The summed E-state index contributed by atoms with van der Waals surface area (Å²) in [7, 11) is 1.30. The highest BCUT2D eigenvalue weighted by atomic mass is 16.8. The molecule has 15 heteroatoms. The molecule has 2 aromatic rings. The fourth-order valence-electron chi connectivity index (χ4n) is 5.99. The Bertz CT molecular complexity index is 1460. The zero-order valence-electron chi connectivity index (χ0n) is 22.5. The van der Waals surface area contributed by atoms with Crippen LogP contribution in [0.25, 0.3) is 0 Å². The van der Waals surface area contributed by atoms with Crippen molar-refractivity contribution in [2.24, 2.45) is 0 Å². The molecule has 0 bridgehead atoms. The van der Waals surface area contributed by atoms with Gasteiger partial charge in [-0.25, -0.2) is 5.43 Å². The molecule has 1 saturated heterocycles. The van der Waals surface area contributed by atoms with Crippen LogP contribution in [-0.4, -0.2) is 102 Å². The predicted molar refractivity (Wildman–Crippen MR) is 136 cm³/mol. The van der Waals surface area contributed by atoms with Crippen LogP contribution in [0, 0.1) is 0 Å². The van der Waals surface area contributed by atoms with Crippen molar-refractivity contribution in [1.29, 1.82) is 0 Å². The van der Waals surface area contributed by atoms with Crippen LogP contribution in [0.2, 0.25) is 0 Å². The smallest absolute Gasteiger partial charge is 0.202 e. The number of nitrogens with one attached hydrogen (secondary N) is 1. The van der Waals surface area contributed by atoms with E-state index in [0.29, 0.717) is 0 Å². The molecule has 0 spiro atoms. The fraction of sp³-hybridized carbons (Fsp3) is 0.444. The second kappa shape index (κ2) is 11.0. The van der Waals surface area contributed by atoms with Gasteiger partial charge in [0.15, 0.2) is 17.9 Å². The standard InChI is InChI=1S/C27H30N2O13/c1-10-22(32)13(28-29(38)39)6-17(41-10)42-15-8-27(37,16(31)9-30)7-12-19(15)26(36)21-20(24(12)34)23(33)11-4-3-5-14(40-2)18(11)25(21)35/h3-5,10,13,15,17,22,28,30,32,34,36-39H,6-9H2,1-2H3/t10-,13-,15+,17+,22+,27+/m1/s1. The summed E-state index contributed by atoms with van der Waals surface area (Å²) in [4.78, 5) is 39.9. The number of phenols is 2. The lowest BCUT2D eigenvalue weighted by Gasteiger charge is -2.43. The van der Waals surface area contributed by atoms with Gasteiger partial charge in [0.25, 0.3) is 0 Å². The normalized spacial score (nSPS) is 28.7. The van der Waals surface area contributed by atoms with Crippen molar-refractivity contribution in [3.63, 3.8) is 0 Å². The molecule has 5 rings (SSSR count). The molecule has 1 heterocycles. The van der Waals surface area contributed by atoms with Crippen molar-refractivity contribution in [2.45, 2.75) is 62.4 Å². The Morgan fingerprint density at radius 3 is 2.48 bits per heavy atom. The fourth-order valence-corrected chi connectivity index (χ4v) is 5.99. The molecule has 15 nitrogen and oxygen atoms in total. The van der Waals surface area contributed by atoms with Crippen LogP contribution in [0.1, 0.15) is 68.8 Å². The first kappa shape index (κ1) is 30.0. The number of benzene rings is 2. The van der Waals surface area contributed by atoms with Crippen LogP contribution in [-0.2, 0) is 20.7 Å². The molecule has 2 aromatic carbocycles. The van der Waals surface area contributed by atoms with E-state index < -0.39 is 95.7 Å². The Morgan fingerprint density at radius 2 is 1.83 bits per heavy atom. The monoisotopic (exact) mass is 590 g/mol. The van der Waals surface area contributed by atoms with E-state index in [-0.39, 0.29) is 39.8 Å². The lowest BCUT2D eigenvalue weighted by molar-refractivity contribution is -0.358. The van der Waals surface area contributed by atoms with Gasteiger partial charge in [0.05, 0.1) is 48.2 Å². The van der Waals surface area contributed by atoms with Crippen LogP contribution in [0.15, 0.2) is 18.2 Å². The SMILES string of the molecule is COc1cccc2c1C(=O)c1c(O)c3c(c(O)c1C2=O)C[C@@](O)(C(=O)CO)C[C@@H]3O[C@H]1C[C@@H](NN(O)O)[C@@H](O)[C@@H](C)O1. The molecule has 0 amide bonds. The number of hydrogen-bond donors (Lipinski definition) is 8. The molecule has 42 heavy (non-hydrogen) atoms. The molecular formula is C27H30N2O13. The van der Waals surface area contributed by atoms with Crippen LogP contribution in [0.5, 0.6) is 17.2 Å². The van der Waals surface area contributed by atoms with Crippen molar-refractivity contribution in [2.75, 3.05) is 13.7 Å². The van der Waals surface area contributed by atoms with Gasteiger partial charge in [-0.1, -0.05) is 12.1 Å². The van der Waals surface area contributed by atoms with Gasteiger partial charge < -0.3 is 39.7 Å². The third kappa shape index (κ3) is 4.74. The first-order valence-electron chi connectivity index (χ1n) is 13.0. The number of phenolic OH excluding ortho intramolecular Hbond substituents is 2. The van der Waals surface area contributed by atoms with E-state index in [1.54, 1.807) is 0 Å². The number of carbonyl (C=O) groups excluding carboxylic acids is 3. The van der Waals surface area contributed by atoms with E-state index >= 15 is 0 Å². The predicted octanol–water partition coefficient (Wildman–Crippen LogP) is -0.372. The minimum Gasteiger partial charge on any atom is -0.507 e. The molecule has 0 aromatic heterocycles. The molecule has 0 saturated carbocycles. The molecule has 1 fully saturated rings. The summed E-state index contributed by atoms with van der Waals surface area (Å²) in [6.45, 7) is 0.405. The van der Waals surface area contributed by atoms with Gasteiger partial charge in [-0.2, -0.15) is 0 Å². The number of aliphatic hydroxyl groups excluding tert-OH is 2. The van der Waals surface area contributed by atoms with Crippen molar-refractivity contribution in [3.8, 4) is 17.2 Å². The maximum Gasteiger partial charge on any atom is 0.202 e. The summed E-state index contributed by atoms with van der Waals surface area (Å²) < 4.78 is 17.0. The second-order valence-electron chi connectivity index (χ2n) is 10.5. The number of nitrogens with zero attached hydrogens (tertiary/aromatic N) is 1. The first-order valence-corrected chi connectivity index (χ1v) is 13.0. The molecular weight excluding hydrogens is 560 g/mol. The number of hydrogen-bond acceptors (Lipinski definition) is 15. The molecule has 226 valence electrons. The zero-order valence-corrected chi connectivity index (χ0v) is 22.5. The van der Waals surface area contributed by atoms with Gasteiger partial charge in [-0.15, -0.1) is 0 Å². The van der Waals surface area contributed by atoms with E-state index in [9.17, 15) is 50.3 Å². The second-order valence-corrected chi connectivity index (χ2v) is 10.5. The molecule has 6 atom stereocenters.